The van der Waals surface area contributed by atoms with Crippen molar-refractivity contribution in [2.45, 2.75) is 46.5 Å². The SMILES string of the molecule is C=CC(=O)OCC(CC)CCCC.C=CC(=O)OCCOCC. The van der Waals surface area contributed by atoms with Gasteiger partial charge in [0.2, 0.25) is 0 Å². The number of carbonyl (C=O) groups excluding carboxylic acids is 2. The third-order valence-electron chi connectivity index (χ3n) is 3.01. The molecule has 1 atom stereocenters. The van der Waals surface area contributed by atoms with E-state index in [1.165, 1.54) is 18.9 Å². The Balaban J connectivity index is 0. The maximum atomic E-state index is 10.8. The van der Waals surface area contributed by atoms with E-state index in [0.29, 0.717) is 32.3 Å². The third-order valence-corrected chi connectivity index (χ3v) is 3.01. The molecule has 0 aliphatic heterocycles. The van der Waals surface area contributed by atoms with Crippen molar-refractivity contribution in [3.05, 3.63) is 25.3 Å². The van der Waals surface area contributed by atoms with Gasteiger partial charge in [0.1, 0.15) is 6.61 Å². The van der Waals surface area contributed by atoms with E-state index in [-0.39, 0.29) is 5.97 Å². The highest BCUT2D eigenvalue weighted by Crippen LogP contribution is 2.12. The molecular formula is C18H32O5. The van der Waals surface area contributed by atoms with Crippen molar-refractivity contribution in [3.8, 4) is 0 Å². The highest BCUT2D eigenvalue weighted by molar-refractivity contribution is 5.81. The Morgan fingerprint density at radius 1 is 1.00 bits per heavy atom. The molecule has 0 aliphatic carbocycles. The average molecular weight is 328 g/mol. The van der Waals surface area contributed by atoms with Gasteiger partial charge in [-0.3, -0.25) is 0 Å². The van der Waals surface area contributed by atoms with Crippen molar-refractivity contribution in [1.29, 1.82) is 0 Å². The molecule has 0 saturated carbocycles. The van der Waals surface area contributed by atoms with E-state index >= 15 is 0 Å². The summed E-state index contributed by atoms with van der Waals surface area (Å²) in [6.07, 6.45) is 6.98. The fourth-order valence-electron chi connectivity index (χ4n) is 1.56. The van der Waals surface area contributed by atoms with Crippen LogP contribution in [0.5, 0.6) is 0 Å². The van der Waals surface area contributed by atoms with Crippen molar-refractivity contribution >= 4 is 11.9 Å². The van der Waals surface area contributed by atoms with Crippen LogP contribution in [0.25, 0.3) is 0 Å². The van der Waals surface area contributed by atoms with Gasteiger partial charge in [-0.25, -0.2) is 9.59 Å². The fraction of sp³-hybridized carbons (Fsp3) is 0.667. The summed E-state index contributed by atoms with van der Waals surface area (Å²) in [6.45, 7) is 14.7. The molecule has 0 aromatic carbocycles. The molecule has 0 amide bonds. The van der Waals surface area contributed by atoms with Crippen LogP contribution in [-0.4, -0.2) is 38.4 Å². The molecule has 0 aliphatic rings. The lowest BCUT2D eigenvalue weighted by Gasteiger charge is -2.13. The lowest BCUT2D eigenvalue weighted by molar-refractivity contribution is -0.140. The van der Waals surface area contributed by atoms with Crippen LogP contribution >= 0.6 is 0 Å². The van der Waals surface area contributed by atoms with Crippen LogP contribution in [0.15, 0.2) is 25.3 Å². The van der Waals surface area contributed by atoms with Crippen molar-refractivity contribution < 1.29 is 23.8 Å². The molecule has 0 radical (unpaired) electrons. The van der Waals surface area contributed by atoms with Gasteiger partial charge in [0.25, 0.3) is 0 Å². The van der Waals surface area contributed by atoms with Crippen molar-refractivity contribution in [2.75, 3.05) is 26.4 Å². The Labute approximate surface area is 140 Å². The summed E-state index contributed by atoms with van der Waals surface area (Å²) in [5.41, 5.74) is 0. The molecule has 0 aromatic rings. The molecule has 0 saturated heterocycles. The van der Waals surface area contributed by atoms with E-state index < -0.39 is 5.97 Å². The van der Waals surface area contributed by atoms with Crippen LogP contribution in [0, 0.1) is 5.92 Å². The zero-order valence-corrected chi connectivity index (χ0v) is 14.8. The summed E-state index contributed by atoms with van der Waals surface area (Å²) in [4.78, 5) is 21.1. The van der Waals surface area contributed by atoms with Crippen molar-refractivity contribution in [3.63, 3.8) is 0 Å². The summed E-state index contributed by atoms with van der Waals surface area (Å²) in [7, 11) is 0. The van der Waals surface area contributed by atoms with Crippen LogP contribution in [0.4, 0.5) is 0 Å². The molecule has 0 rings (SSSR count). The van der Waals surface area contributed by atoms with Gasteiger partial charge in [0.15, 0.2) is 0 Å². The molecule has 1 unspecified atom stereocenters. The van der Waals surface area contributed by atoms with Crippen LogP contribution in [0.1, 0.15) is 46.5 Å². The standard InChI is InChI=1S/C11H20O2.C7H12O3/c1-4-7-8-10(5-2)9-13-11(12)6-3;1-3-7(8)10-6-5-9-4-2/h6,10H,3-5,7-9H2,1-2H3;3H,1,4-6H2,2H3. The largest absolute Gasteiger partial charge is 0.462 e. The zero-order chi connectivity index (χ0) is 17.9. The molecule has 0 bridgehead atoms. The number of hydrogen-bond donors (Lipinski definition) is 0. The Bertz CT molecular complexity index is 325. The summed E-state index contributed by atoms with van der Waals surface area (Å²) in [5, 5.41) is 0. The Hall–Kier alpha value is -1.62. The molecule has 0 spiro atoms. The molecule has 0 aromatic heterocycles. The predicted octanol–water partition coefficient (Wildman–Crippen LogP) is 3.68. The molecule has 23 heavy (non-hydrogen) atoms. The van der Waals surface area contributed by atoms with Gasteiger partial charge in [-0.05, 0) is 19.3 Å². The van der Waals surface area contributed by atoms with Gasteiger partial charge >= 0.3 is 11.9 Å². The fourth-order valence-corrected chi connectivity index (χ4v) is 1.56. The first kappa shape index (κ1) is 23.6. The van der Waals surface area contributed by atoms with Gasteiger partial charge in [0, 0.05) is 18.8 Å². The molecule has 0 heterocycles. The van der Waals surface area contributed by atoms with Gasteiger partial charge in [-0.15, -0.1) is 0 Å². The second-order valence-corrected chi connectivity index (χ2v) is 4.82. The van der Waals surface area contributed by atoms with E-state index in [1.807, 2.05) is 6.92 Å². The normalized spacial score (nSPS) is 10.7. The second kappa shape index (κ2) is 18.4. The van der Waals surface area contributed by atoms with E-state index in [9.17, 15) is 9.59 Å². The van der Waals surface area contributed by atoms with Gasteiger partial charge in [-0.1, -0.05) is 46.3 Å². The minimum atomic E-state index is -0.403. The Morgan fingerprint density at radius 2 is 1.61 bits per heavy atom. The highest BCUT2D eigenvalue weighted by atomic mass is 16.6. The summed E-state index contributed by atoms with van der Waals surface area (Å²) in [5.74, 6) is -0.196. The zero-order valence-electron chi connectivity index (χ0n) is 14.8. The summed E-state index contributed by atoms with van der Waals surface area (Å²) < 4.78 is 14.5. The lowest BCUT2D eigenvalue weighted by atomic mass is 10.0. The minimum Gasteiger partial charge on any atom is -0.462 e. The molecule has 134 valence electrons. The smallest absolute Gasteiger partial charge is 0.330 e. The third kappa shape index (κ3) is 18.3. The number of unbranched alkanes of at least 4 members (excludes halogenated alkanes) is 1. The Kier molecular flexibility index (Phi) is 18.9. The molecular weight excluding hydrogens is 296 g/mol. The molecule has 0 fully saturated rings. The van der Waals surface area contributed by atoms with Gasteiger partial charge in [-0.2, -0.15) is 0 Å². The quantitative estimate of drug-likeness (QED) is 0.311. The molecule has 5 heteroatoms. The van der Waals surface area contributed by atoms with E-state index in [4.69, 9.17) is 9.47 Å². The van der Waals surface area contributed by atoms with Crippen LogP contribution < -0.4 is 0 Å². The predicted molar refractivity (Wildman–Crippen MR) is 92.1 cm³/mol. The number of rotatable bonds is 12. The van der Waals surface area contributed by atoms with E-state index in [1.54, 1.807) is 0 Å². The topological polar surface area (TPSA) is 61.8 Å². The first-order valence-electron chi connectivity index (χ1n) is 8.21. The number of ether oxygens (including phenoxy) is 3. The lowest BCUT2D eigenvalue weighted by Crippen LogP contribution is -2.12. The maximum Gasteiger partial charge on any atom is 0.330 e. The highest BCUT2D eigenvalue weighted by Gasteiger charge is 2.07. The number of carbonyl (C=O) groups is 2. The van der Waals surface area contributed by atoms with Crippen molar-refractivity contribution in [1.82, 2.24) is 0 Å². The molecule has 5 nitrogen and oxygen atoms in total. The van der Waals surface area contributed by atoms with Gasteiger partial charge < -0.3 is 14.2 Å². The molecule has 0 N–H and O–H groups in total. The summed E-state index contributed by atoms with van der Waals surface area (Å²) >= 11 is 0. The Morgan fingerprint density at radius 3 is 2.09 bits per heavy atom. The number of hydrogen-bond acceptors (Lipinski definition) is 5. The minimum absolute atomic E-state index is 0.304. The van der Waals surface area contributed by atoms with E-state index in [0.717, 1.165) is 18.9 Å². The van der Waals surface area contributed by atoms with Crippen molar-refractivity contribution in [2.24, 2.45) is 5.92 Å². The first-order valence-corrected chi connectivity index (χ1v) is 8.21. The first-order chi connectivity index (χ1) is 11.0. The number of esters is 2. The maximum absolute atomic E-state index is 10.8. The second-order valence-electron chi connectivity index (χ2n) is 4.82. The van der Waals surface area contributed by atoms with Gasteiger partial charge in [0.05, 0.1) is 13.2 Å². The van der Waals surface area contributed by atoms with Crippen LogP contribution in [-0.2, 0) is 23.8 Å². The summed E-state index contributed by atoms with van der Waals surface area (Å²) in [6, 6.07) is 0. The van der Waals surface area contributed by atoms with Crippen LogP contribution in [0.3, 0.4) is 0 Å². The van der Waals surface area contributed by atoms with Crippen LogP contribution in [0.2, 0.25) is 0 Å². The monoisotopic (exact) mass is 328 g/mol. The van der Waals surface area contributed by atoms with E-state index in [2.05, 4.69) is 31.7 Å². The average Bonchev–Trinajstić information content (AvgIpc) is 2.58.